The average Bonchev–Trinajstić information content (AvgIpc) is 2.45. The molecule has 2 aromatic rings. The second-order valence-corrected chi connectivity index (χ2v) is 3.92. The Morgan fingerprint density at radius 2 is 1.80 bits per heavy atom. The van der Waals surface area contributed by atoms with Gasteiger partial charge in [-0.3, -0.25) is 0 Å². The Morgan fingerprint density at radius 1 is 1.10 bits per heavy atom. The van der Waals surface area contributed by atoms with E-state index >= 15 is 0 Å². The van der Waals surface area contributed by atoms with E-state index in [1.807, 2.05) is 42.5 Å². The number of benzene rings is 2. The molecule has 0 saturated carbocycles. The number of carboxylic acid groups (broad SMARTS) is 1. The minimum absolute atomic E-state index is 0. The Bertz CT molecular complexity index is 673. The van der Waals surface area contributed by atoms with Gasteiger partial charge in [0.2, 0.25) is 0 Å². The highest BCUT2D eigenvalue weighted by molar-refractivity contribution is 5.87. The first-order valence-corrected chi connectivity index (χ1v) is 5.72. The summed E-state index contributed by atoms with van der Waals surface area (Å²) in [5.74, 6) is -1.03. The summed E-state index contributed by atoms with van der Waals surface area (Å²) in [7, 11) is 0. The van der Waals surface area contributed by atoms with E-state index in [-0.39, 0.29) is 12.4 Å². The SMILES string of the molecule is Cl.N#Cc1c(C=CC(=O)O)cccc1-c1ccccc1. The Hall–Kier alpha value is -2.57. The zero-order valence-electron chi connectivity index (χ0n) is 10.5. The smallest absolute Gasteiger partial charge is 0.328 e. The molecule has 0 aliphatic carbocycles. The minimum atomic E-state index is -1.03. The lowest BCUT2D eigenvalue weighted by Gasteiger charge is -2.06. The van der Waals surface area contributed by atoms with Gasteiger partial charge in [0.15, 0.2) is 0 Å². The van der Waals surface area contributed by atoms with Crippen LogP contribution >= 0.6 is 12.4 Å². The van der Waals surface area contributed by atoms with Crippen LogP contribution in [0.5, 0.6) is 0 Å². The highest BCUT2D eigenvalue weighted by Crippen LogP contribution is 2.26. The first-order valence-electron chi connectivity index (χ1n) is 5.72. The van der Waals surface area contributed by atoms with Crippen molar-refractivity contribution in [2.45, 2.75) is 0 Å². The van der Waals surface area contributed by atoms with Crippen molar-refractivity contribution in [3.63, 3.8) is 0 Å². The van der Waals surface area contributed by atoms with Crippen LogP contribution < -0.4 is 0 Å². The van der Waals surface area contributed by atoms with Crippen molar-refractivity contribution >= 4 is 24.5 Å². The molecule has 0 aliphatic rings. The highest BCUT2D eigenvalue weighted by Gasteiger charge is 2.07. The molecule has 0 amide bonds. The van der Waals surface area contributed by atoms with E-state index in [1.165, 1.54) is 6.08 Å². The molecule has 2 rings (SSSR count). The molecule has 0 fully saturated rings. The molecule has 0 spiro atoms. The van der Waals surface area contributed by atoms with Crippen LogP contribution in [-0.4, -0.2) is 11.1 Å². The summed E-state index contributed by atoms with van der Waals surface area (Å²) in [4.78, 5) is 10.6. The van der Waals surface area contributed by atoms with Gasteiger partial charge in [-0.15, -0.1) is 12.4 Å². The van der Waals surface area contributed by atoms with Crippen molar-refractivity contribution in [3.8, 4) is 17.2 Å². The number of hydrogen-bond acceptors (Lipinski definition) is 2. The summed E-state index contributed by atoms with van der Waals surface area (Å²) >= 11 is 0. The maximum atomic E-state index is 10.6. The number of halogens is 1. The fourth-order valence-corrected chi connectivity index (χ4v) is 1.85. The summed E-state index contributed by atoms with van der Waals surface area (Å²) in [6, 6.07) is 17.1. The molecule has 4 heteroatoms. The van der Waals surface area contributed by atoms with Gasteiger partial charge in [0, 0.05) is 11.6 Å². The molecule has 0 radical (unpaired) electrons. The first kappa shape index (κ1) is 15.5. The van der Waals surface area contributed by atoms with Crippen molar-refractivity contribution in [2.24, 2.45) is 0 Å². The zero-order chi connectivity index (χ0) is 13.7. The second kappa shape index (κ2) is 7.13. The van der Waals surface area contributed by atoms with E-state index < -0.39 is 5.97 Å². The fraction of sp³-hybridized carbons (Fsp3) is 0. The van der Waals surface area contributed by atoms with Crippen LogP contribution in [0.3, 0.4) is 0 Å². The molecule has 0 bridgehead atoms. The van der Waals surface area contributed by atoms with Gasteiger partial charge in [-0.25, -0.2) is 4.79 Å². The maximum absolute atomic E-state index is 10.6. The summed E-state index contributed by atoms with van der Waals surface area (Å²) in [5.41, 5.74) is 2.82. The highest BCUT2D eigenvalue weighted by atomic mass is 35.5. The molecular weight excluding hydrogens is 274 g/mol. The lowest BCUT2D eigenvalue weighted by Crippen LogP contribution is -1.90. The van der Waals surface area contributed by atoms with Crippen LogP contribution in [-0.2, 0) is 4.79 Å². The minimum Gasteiger partial charge on any atom is -0.478 e. The standard InChI is InChI=1S/C16H11NO2.ClH/c17-11-15-13(9-10-16(18)19)7-4-8-14(15)12-5-2-1-3-6-12;/h1-10H,(H,18,19);1H. The van der Waals surface area contributed by atoms with Crippen LogP contribution in [0.1, 0.15) is 11.1 Å². The van der Waals surface area contributed by atoms with Gasteiger partial charge < -0.3 is 5.11 Å². The number of rotatable bonds is 3. The van der Waals surface area contributed by atoms with E-state index in [0.29, 0.717) is 11.1 Å². The number of aliphatic carboxylic acids is 1. The molecule has 0 aromatic heterocycles. The number of nitriles is 1. The van der Waals surface area contributed by atoms with Gasteiger partial charge in [0.25, 0.3) is 0 Å². The van der Waals surface area contributed by atoms with E-state index in [4.69, 9.17) is 5.11 Å². The van der Waals surface area contributed by atoms with Crippen LogP contribution in [0.2, 0.25) is 0 Å². The van der Waals surface area contributed by atoms with Gasteiger partial charge in [0.1, 0.15) is 6.07 Å². The van der Waals surface area contributed by atoms with Crippen molar-refractivity contribution in [2.75, 3.05) is 0 Å². The second-order valence-electron chi connectivity index (χ2n) is 3.92. The molecule has 0 saturated heterocycles. The molecular formula is C16H12ClNO2. The maximum Gasteiger partial charge on any atom is 0.328 e. The summed E-state index contributed by atoms with van der Waals surface area (Å²) in [6.07, 6.45) is 2.47. The monoisotopic (exact) mass is 285 g/mol. The lowest BCUT2D eigenvalue weighted by molar-refractivity contribution is -0.131. The predicted octanol–water partition coefficient (Wildman–Crippen LogP) is 3.74. The van der Waals surface area contributed by atoms with Gasteiger partial charge in [-0.05, 0) is 17.2 Å². The summed E-state index contributed by atoms with van der Waals surface area (Å²) < 4.78 is 0. The first-order chi connectivity index (χ1) is 9.22. The molecule has 2 aromatic carbocycles. The fourth-order valence-electron chi connectivity index (χ4n) is 1.85. The van der Waals surface area contributed by atoms with Gasteiger partial charge in [-0.2, -0.15) is 5.26 Å². The van der Waals surface area contributed by atoms with E-state index in [9.17, 15) is 10.1 Å². The molecule has 0 heterocycles. The number of carbonyl (C=O) groups is 1. The Kier molecular flexibility index (Phi) is 5.52. The van der Waals surface area contributed by atoms with Crippen molar-refractivity contribution < 1.29 is 9.90 Å². The molecule has 0 unspecified atom stereocenters. The molecule has 0 aliphatic heterocycles. The predicted molar refractivity (Wildman–Crippen MR) is 80.5 cm³/mol. The molecule has 3 nitrogen and oxygen atoms in total. The van der Waals surface area contributed by atoms with Gasteiger partial charge in [0.05, 0.1) is 5.56 Å². The Labute approximate surface area is 123 Å². The third-order valence-corrected chi connectivity index (χ3v) is 2.70. The summed E-state index contributed by atoms with van der Waals surface area (Å²) in [6.45, 7) is 0. The quantitative estimate of drug-likeness (QED) is 0.874. The largest absolute Gasteiger partial charge is 0.478 e. The number of nitrogens with zero attached hydrogens (tertiary/aromatic N) is 1. The van der Waals surface area contributed by atoms with Crippen molar-refractivity contribution in [1.29, 1.82) is 5.26 Å². The normalized spacial score (nSPS) is 9.75. The summed E-state index contributed by atoms with van der Waals surface area (Å²) in [5, 5.41) is 17.9. The van der Waals surface area contributed by atoms with Crippen molar-refractivity contribution in [3.05, 3.63) is 65.7 Å². The molecule has 20 heavy (non-hydrogen) atoms. The molecule has 100 valence electrons. The van der Waals surface area contributed by atoms with Gasteiger partial charge >= 0.3 is 5.97 Å². The molecule has 1 N–H and O–H groups in total. The number of carboxylic acids is 1. The van der Waals surface area contributed by atoms with E-state index in [1.54, 1.807) is 6.07 Å². The Balaban J connectivity index is 0.00000200. The van der Waals surface area contributed by atoms with Gasteiger partial charge in [-0.1, -0.05) is 48.5 Å². The van der Waals surface area contributed by atoms with Crippen LogP contribution in [0.15, 0.2) is 54.6 Å². The van der Waals surface area contributed by atoms with Crippen molar-refractivity contribution in [1.82, 2.24) is 0 Å². The van der Waals surface area contributed by atoms with Crippen LogP contribution in [0.4, 0.5) is 0 Å². The topological polar surface area (TPSA) is 61.1 Å². The van der Waals surface area contributed by atoms with E-state index in [0.717, 1.165) is 17.2 Å². The zero-order valence-corrected chi connectivity index (χ0v) is 11.3. The third-order valence-electron chi connectivity index (χ3n) is 2.70. The Morgan fingerprint density at radius 3 is 2.40 bits per heavy atom. The lowest BCUT2D eigenvalue weighted by atomic mass is 9.96. The van der Waals surface area contributed by atoms with Crippen LogP contribution in [0.25, 0.3) is 17.2 Å². The third kappa shape index (κ3) is 3.47. The van der Waals surface area contributed by atoms with E-state index in [2.05, 4.69) is 6.07 Å². The van der Waals surface area contributed by atoms with Crippen LogP contribution in [0, 0.1) is 11.3 Å². The molecule has 0 atom stereocenters. The number of hydrogen-bond donors (Lipinski definition) is 1. The average molecular weight is 286 g/mol.